The molecule has 2 fully saturated rings. The van der Waals surface area contributed by atoms with E-state index < -0.39 is 0 Å². The van der Waals surface area contributed by atoms with E-state index in [4.69, 9.17) is 4.74 Å². The second-order valence-corrected chi connectivity index (χ2v) is 8.89. The fourth-order valence-electron chi connectivity index (χ4n) is 4.37. The Balaban J connectivity index is 0.000000209. The molecule has 0 spiro atoms. The molecule has 1 saturated carbocycles. The number of aliphatic hydroxyl groups is 1. The summed E-state index contributed by atoms with van der Waals surface area (Å²) in [7, 11) is 0. The molecule has 0 bridgehead atoms. The van der Waals surface area contributed by atoms with Gasteiger partial charge in [-0.2, -0.15) is 0 Å². The summed E-state index contributed by atoms with van der Waals surface area (Å²) in [5.41, 5.74) is 1.69. The first kappa shape index (κ1) is 21.4. The highest BCUT2D eigenvalue weighted by Gasteiger charge is 2.44. The van der Waals surface area contributed by atoms with E-state index in [1.165, 1.54) is 44.1 Å². The van der Waals surface area contributed by atoms with Crippen LogP contribution in [0.2, 0.25) is 0 Å². The SMILES string of the molecule is CC(C)CCC1(c2ccccc2)CC(O)C1.CCCC1CC(CC)CO1. The first-order valence-corrected chi connectivity index (χ1v) is 10.8. The highest BCUT2D eigenvalue weighted by Crippen LogP contribution is 2.47. The number of aliphatic hydroxyl groups excluding tert-OH is 1. The third-order valence-corrected chi connectivity index (χ3v) is 6.19. The van der Waals surface area contributed by atoms with Gasteiger partial charge in [-0.1, -0.05) is 77.3 Å². The molecule has 2 unspecified atom stereocenters. The van der Waals surface area contributed by atoms with Crippen LogP contribution in [0.25, 0.3) is 0 Å². The second kappa shape index (κ2) is 10.5. The molecule has 0 amide bonds. The van der Waals surface area contributed by atoms with Gasteiger partial charge in [-0.3, -0.25) is 0 Å². The highest BCUT2D eigenvalue weighted by molar-refractivity contribution is 5.29. The predicted molar refractivity (Wildman–Crippen MR) is 110 cm³/mol. The maximum Gasteiger partial charge on any atom is 0.0578 e. The van der Waals surface area contributed by atoms with Crippen LogP contribution in [0.15, 0.2) is 30.3 Å². The van der Waals surface area contributed by atoms with Crippen LogP contribution >= 0.6 is 0 Å². The molecular weight excluding hydrogens is 320 g/mol. The molecule has 1 aliphatic carbocycles. The minimum atomic E-state index is -0.0765. The van der Waals surface area contributed by atoms with E-state index in [9.17, 15) is 5.11 Å². The van der Waals surface area contributed by atoms with E-state index in [2.05, 4.69) is 58.0 Å². The van der Waals surface area contributed by atoms with Crippen molar-refractivity contribution in [2.24, 2.45) is 11.8 Å². The summed E-state index contributed by atoms with van der Waals surface area (Å²) in [6, 6.07) is 10.7. The molecule has 1 N–H and O–H groups in total. The molecule has 148 valence electrons. The summed E-state index contributed by atoms with van der Waals surface area (Å²) in [4.78, 5) is 0. The lowest BCUT2D eigenvalue weighted by atomic mass is 9.60. The monoisotopic (exact) mass is 360 g/mol. The second-order valence-electron chi connectivity index (χ2n) is 8.89. The zero-order valence-electron chi connectivity index (χ0n) is 17.4. The Morgan fingerprint density at radius 2 is 1.85 bits per heavy atom. The Morgan fingerprint density at radius 1 is 1.15 bits per heavy atom. The normalized spacial score (nSPS) is 30.6. The average Bonchev–Trinajstić information content (AvgIpc) is 3.07. The summed E-state index contributed by atoms with van der Waals surface area (Å²) in [6.07, 6.45) is 10.0. The Kier molecular flexibility index (Phi) is 8.63. The summed E-state index contributed by atoms with van der Waals surface area (Å²) >= 11 is 0. The first-order valence-electron chi connectivity index (χ1n) is 10.8. The molecule has 2 aliphatic rings. The lowest BCUT2D eigenvalue weighted by Crippen LogP contribution is -2.44. The fraction of sp³-hybridized carbons (Fsp3) is 0.750. The van der Waals surface area contributed by atoms with Gasteiger partial charge in [0.05, 0.1) is 12.2 Å². The zero-order chi connectivity index (χ0) is 19.0. The minimum Gasteiger partial charge on any atom is -0.393 e. The summed E-state index contributed by atoms with van der Waals surface area (Å²) in [5.74, 6) is 1.61. The molecule has 2 atom stereocenters. The quantitative estimate of drug-likeness (QED) is 0.635. The molecule has 1 aromatic carbocycles. The number of hydrogen-bond acceptors (Lipinski definition) is 2. The van der Waals surface area contributed by atoms with E-state index in [1.54, 1.807) is 0 Å². The number of rotatable bonds is 7. The van der Waals surface area contributed by atoms with Crippen LogP contribution in [-0.4, -0.2) is 23.9 Å². The number of hydrogen-bond donors (Lipinski definition) is 1. The molecule has 2 heteroatoms. The number of benzene rings is 1. The van der Waals surface area contributed by atoms with Crippen LogP contribution in [0, 0.1) is 11.8 Å². The fourth-order valence-corrected chi connectivity index (χ4v) is 4.37. The maximum atomic E-state index is 9.61. The Labute approximate surface area is 161 Å². The van der Waals surface area contributed by atoms with Gasteiger partial charge >= 0.3 is 0 Å². The van der Waals surface area contributed by atoms with Crippen molar-refractivity contribution in [3.63, 3.8) is 0 Å². The van der Waals surface area contributed by atoms with Crippen molar-refractivity contribution >= 4 is 0 Å². The van der Waals surface area contributed by atoms with Gasteiger partial charge in [0.15, 0.2) is 0 Å². The smallest absolute Gasteiger partial charge is 0.0578 e. The van der Waals surface area contributed by atoms with Crippen molar-refractivity contribution in [2.45, 2.75) is 96.7 Å². The molecular formula is C24H40O2. The first-order chi connectivity index (χ1) is 12.5. The van der Waals surface area contributed by atoms with Crippen LogP contribution in [0.3, 0.4) is 0 Å². The Bertz CT molecular complexity index is 490. The van der Waals surface area contributed by atoms with Gasteiger partial charge < -0.3 is 9.84 Å². The third kappa shape index (κ3) is 6.09. The van der Waals surface area contributed by atoms with Crippen molar-refractivity contribution < 1.29 is 9.84 Å². The van der Waals surface area contributed by atoms with Crippen molar-refractivity contribution in [3.8, 4) is 0 Å². The Hall–Kier alpha value is -0.860. The van der Waals surface area contributed by atoms with Crippen molar-refractivity contribution in [2.75, 3.05) is 6.61 Å². The van der Waals surface area contributed by atoms with Crippen molar-refractivity contribution in [1.29, 1.82) is 0 Å². The third-order valence-electron chi connectivity index (χ3n) is 6.19. The van der Waals surface area contributed by atoms with Gasteiger partial charge in [0.1, 0.15) is 0 Å². The van der Waals surface area contributed by atoms with E-state index in [0.717, 1.165) is 31.3 Å². The van der Waals surface area contributed by atoms with Gasteiger partial charge in [-0.15, -0.1) is 0 Å². The molecule has 0 radical (unpaired) electrons. The predicted octanol–water partition coefficient (Wildman–Crippen LogP) is 6.12. The van der Waals surface area contributed by atoms with Gasteiger partial charge in [0.25, 0.3) is 0 Å². The summed E-state index contributed by atoms with van der Waals surface area (Å²) < 4.78 is 5.60. The van der Waals surface area contributed by atoms with E-state index in [0.29, 0.717) is 6.10 Å². The van der Waals surface area contributed by atoms with Crippen LogP contribution in [0.4, 0.5) is 0 Å². The van der Waals surface area contributed by atoms with Gasteiger partial charge in [-0.25, -0.2) is 0 Å². The summed E-state index contributed by atoms with van der Waals surface area (Å²) in [6.45, 7) is 10.0. The highest BCUT2D eigenvalue weighted by atomic mass is 16.5. The summed E-state index contributed by atoms with van der Waals surface area (Å²) in [5, 5.41) is 9.61. The molecule has 2 nitrogen and oxygen atoms in total. The zero-order valence-corrected chi connectivity index (χ0v) is 17.4. The van der Waals surface area contributed by atoms with E-state index in [1.807, 2.05) is 0 Å². The molecule has 0 aromatic heterocycles. The van der Waals surface area contributed by atoms with Crippen LogP contribution < -0.4 is 0 Å². The standard InChI is InChI=1S/C15H22O.C9H18O/c1-12(2)8-9-15(10-14(16)11-15)13-6-4-3-5-7-13;1-3-5-9-6-8(4-2)7-10-9/h3-7,12,14,16H,8-11H2,1-2H3;8-9H,3-7H2,1-2H3. The van der Waals surface area contributed by atoms with Crippen molar-refractivity contribution in [1.82, 2.24) is 0 Å². The van der Waals surface area contributed by atoms with Gasteiger partial charge in [0, 0.05) is 12.0 Å². The lowest BCUT2D eigenvalue weighted by Gasteiger charge is -2.46. The lowest BCUT2D eigenvalue weighted by molar-refractivity contribution is 0.0106. The molecule has 1 aromatic rings. The maximum absolute atomic E-state index is 9.61. The molecule has 1 saturated heterocycles. The van der Waals surface area contributed by atoms with E-state index >= 15 is 0 Å². The largest absolute Gasteiger partial charge is 0.393 e. The van der Waals surface area contributed by atoms with E-state index in [-0.39, 0.29) is 11.5 Å². The van der Waals surface area contributed by atoms with Crippen LogP contribution in [-0.2, 0) is 10.2 Å². The minimum absolute atomic E-state index is 0.0765. The molecule has 3 rings (SSSR count). The average molecular weight is 361 g/mol. The molecule has 1 heterocycles. The van der Waals surface area contributed by atoms with Crippen LogP contribution in [0.1, 0.15) is 84.6 Å². The van der Waals surface area contributed by atoms with Gasteiger partial charge in [0.2, 0.25) is 0 Å². The topological polar surface area (TPSA) is 29.5 Å². The van der Waals surface area contributed by atoms with Crippen LogP contribution in [0.5, 0.6) is 0 Å². The molecule has 26 heavy (non-hydrogen) atoms. The van der Waals surface area contributed by atoms with Crippen molar-refractivity contribution in [3.05, 3.63) is 35.9 Å². The van der Waals surface area contributed by atoms with Gasteiger partial charge in [-0.05, 0) is 49.5 Å². The number of ether oxygens (including phenoxy) is 1. The Morgan fingerprint density at radius 3 is 2.35 bits per heavy atom. The molecule has 1 aliphatic heterocycles.